The summed E-state index contributed by atoms with van der Waals surface area (Å²) in [7, 11) is 0. The quantitative estimate of drug-likeness (QED) is 0.171. The number of carboxylic acids is 1. The molecule has 2 aliphatic rings. The van der Waals surface area contributed by atoms with Crippen LogP contribution in [-0.2, 0) is 14.4 Å². The summed E-state index contributed by atoms with van der Waals surface area (Å²) in [6, 6.07) is -1.92. The molecule has 0 aliphatic carbocycles. The molecule has 0 saturated carbocycles. The number of aliphatic carboxylic acids is 1. The molecule has 0 radical (unpaired) electrons. The molecular weight excluding hydrogens is 382 g/mol. The third-order valence-electron chi connectivity index (χ3n) is 4.17. The van der Waals surface area contributed by atoms with Gasteiger partial charge in [-0.2, -0.15) is 0 Å². The number of aromatic nitrogens is 1. The number of rotatable bonds is 5. The molecule has 2 fully saturated rings. The number of thiazole rings is 1. The first-order valence-electron chi connectivity index (χ1n) is 7.42. The van der Waals surface area contributed by atoms with Gasteiger partial charge < -0.3 is 26.3 Å². The van der Waals surface area contributed by atoms with Crippen molar-refractivity contribution in [1.29, 1.82) is 0 Å². The van der Waals surface area contributed by atoms with Crippen LogP contribution < -0.4 is 11.1 Å². The van der Waals surface area contributed by atoms with Crippen LogP contribution in [0.3, 0.4) is 0 Å². The molecule has 2 aliphatic heterocycles. The van der Waals surface area contributed by atoms with Crippen LogP contribution in [0.2, 0.25) is 0 Å². The fourth-order valence-electron chi connectivity index (χ4n) is 2.92. The zero-order valence-electron chi connectivity index (χ0n) is 13.2. The number of nitrogen functional groups attached to an aromatic ring is 1. The molecule has 1 aromatic rings. The molecule has 3 rings (SSSR count). The standard InChI is InChI=1S/C14H15N5O5S2/c1-2-5-3-25-12-8(11(21)19(12)9(5)13(22)23)17-10(20)7(18-24)6-4-26-14(15)16-6/h2,4-5,8-9,12,24H,1,3H2,(H2,15,16)(H,17,20)(H,22,23)/b18-7-. The van der Waals surface area contributed by atoms with Gasteiger partial charge in [-0.15, -0.1) is 29.7 Å². The van der Waals surface area contributed by atoms with E-state index in [2.05, 4.69) is 22.0 Å². The molecule has 138 valence electrons. The van der Waals surface area contributed by atoms with Gasteiger partial charge >= 0.3 is 5.97 Å². The number of hydrogen-bond acceptors (Lipinski definition) is 9. The lowest BCUT2D eigenvalue weighted by Crippen LogP contribution is -2.76. The molecule has 3 heterocycles. The number of oxime groups is 1. The van der Waals surface area contributed by atoms with Gasteiger partial charge in [-0.25, -0.2) is 9.78 Å². The van der Waals surface area contributed by atoms with E-state index >= 15 is 0 Å². The number of nitrogens with one attached hydrogen (secondary N) is 1. The lowest BCUT2D eigenvalue weighted by molar-refractivity contribution is -0.163. The molecule has 0 spiro atoms. The molecule has 12 heteroatoms. The van der Waals surface area contributed by atoms with E-state index in [0.717, 1.165) is 11.3 Å². The maximum absolute atomic E-state index is 12.4. The fraction of sp³-hybridized carbons (Fsp3) is 0.357. The first-order valence-corrected chi connectivity index (χ1v) is 9.35. The van der Waals surface area contributed by atoms with Crippen LogP contribution >= 0.6 is 23.1 Å². The Morgan fingerprint density at radius 3 is 2.81 bits per heavy atom. The molecule has 1 aromatic heterocycles. The first kappa shape index (κ1) is 18.2. The summed E-state index contributed by atoms with van der Waals surface area (Å²) in [5, 5.41) is 25.1. The third kappa shape index (κ3) is 2.90. The van der Waals surface area contributed by atoms with Crippen molar-refractivity contribution in [3.63, 3.8) is 0 Å². The van der Waals surface area contributed by atoms with Crippen LogP contribution in [0.5, 0.6) is 0 Å². The van der Waals surface area contributed by atoms with Gasteiger partial charge in [0.2, 0.25) is 5.91 Å². The molecule has 4 atom stereocenters. The predicted molar refractivity (Wildman–Crippen MR) is 95.0 cm³/mol. The number of carbonyl (C=O) groups excluding carboxylic acids is 2. The van der Waals surface area contributed by atoms with E-state index in [0.29, 0.717) is 5.75 Å². The predicted octanol–water partition coefficient (Wildman–Crippen LogP) is -0.441. The van der Waals surface area contributed by atoms with Gasteiger partial charge in [0.15, 0.2) is 10.8 Å². The normalized spacial score (nSPS) is 28.1. The molecular formula is C14H15N5O5S2. The Labute approximate surface area is 155 Å². The van der Waals surface area contributed by atoms with E-state index in [1.54, 1.807) is 0 Å². The van der Waals surface area contributed by atoms with Crippen LogP contribution in [0.15, 0.2) is 23.2 Å². The Morgan fingerprint density at radius 1 is 1.54 bits per heavy atom. The monoisotopic (exact) mass is 397 g/mol. The molecule has 2 amide bonds. The Bertz CT molecular complexity index is 809. The highest BCUT2D eigenvalue weighted by molar-refractivity contribution is 8.00. The van der Waals surface area contributed by atoms with Gasteiger partial charge in [-0.3, -0.25) is 9.59 Å². The second-order valence-electron chi connectivity index (χ2n) is 5.62. The number of amides is 2. The minimum atomic E-state index is -1.12. The molecule has 2 saturated heterocycles. The lowest BCUT2D eigenvalue weighted by Gasteiger charge is -2.53. The highest BCUT2D eigenvalue weighted by atomic mass is 32.2. The van der Waals surface area contributed by atoms with Crippen molar-refractivity contribution in [2.45, 2.75) is 17.5 Å². The Kier molecular flexibility index (Phi) is 4.87. The topological polar surface area (TPSA) is 158 Å². The highest BCUT2D eigenvalue weighted by Gasteiger charge is 2.57. The Morgan fingerprint density at radius 2 is 2.27 bits per heavy atom. The van der Waals surface area contributed by atoms with E-state index in [-0.39, 0.29) is 22.5 Å². The first-order chi connectivity index (χ1) is 12.4. The number of nitrogens with two attached hydrogens (primary N) is 1. The number of anilines is 1. The average molecular weight is 397 g/mol. The summed E-state index contributed by atoms with van der Waals surface area (Å²) < 4.78 is 0. The summed E-state index contributed by atoms with van der Waals surface area (Å²) in [4.78, 5) is 41.4. The van der Waals surface area contributed by atoms with Crippen molar-refractivity contribution in [3.8, 4) is 0 Å². The number of fused-ring (bicyclic) bond motifs is 1. The van der Waals surface area contributed by atoms with Gasteiger partial charge in [0.1, 0.15) is 23.2 Å². The van der Waals surface area contributed by atoms with E-state index in [4.69, 9.17) is 10.9 Å². The van der Waals surface area contributed by atoms with E-state index in [9.17, 15) is 19.5 Å². The van der Waals surface area contributed by atoms with Crippen molar-refractivity contribution < 1.29 is 24.7 Å². The molecule has 4 unspecified atom stereocenters. The van der Waals surface area contributed by atoms with Crippen LogP contribution in [0.4, 0.5) is 5.13 Å². The second-order valence-corrected chi connectivity index (χ2v) is 7.66. The maximum atomic E-state index is 12.4. The highest BCUT2D eigenvalue weighted by Crippen LogP contribution is 2.41. The van der Waals surface area contributed by atoms with Crippen molar-refractivity contribution in [2.75, 3.05) is 11.5 Å². The number of β-lactam (4-membered cyclic amide) rings is 1. The number of carbonyl (C=O) groups is 3. The Hall–Kier alpha value is -2.60. The summed E-state index contributed by atoms with van der Waals surface area (Å²) in [5.41, 5.74) is 5.21. The minimum absolute atomic E-state index is 0.0857. The summed E-state index contributed by atoms with van der Waals surface area (Å²) >= 11 is 2.43. The van der Waals surface area contributed by atoms with Crippen LogP contribution in [0, 0.1) is 5.92 Å². The molecule has 10 nitrogen and oxygen atoms in total. The zero-order valence-corrected chi connectivity index (χ0v) is 14.9. The number of carboxylic acid groups (broad SMARTS) is 1. The molecule has 0 bridgehead atoms. The van der Waals surface area contributed by atoms with Gasteiger partial charge in [0, 0.05) is 17.1 Å². The van der Waals surface area contributed by atoms with Gasteiger partial charge in [0.05, 0.1) is 0 Å². The Balaban J connectivity index is 1.74. The number of hydrogen-bond donors (Lipinski definition) is 4. The van der Waals surface area contributed by atoms with E-state index < -0.39 is 35.2 Å². The average Bonchev–Trinajstić information content (AvgIpc) is 3.04. The van der Waals surface area contributed by atoms with Crippen LogP contribution in [0.25, 0.3) is 0 Å². The molecule has 5 N–H and O–H groups in total. The van der Waals surface area contributed by atoms with Crippen molar-refractivity contribution in [1.82, 2.24) is 15.2 Å². The van der Waals surface area contributed by atoms with Crippen molar-refractivity contribution in [3.05, 3.63) is 23.7 Å². The largest absolute Gasteiger partial charge is 0.480 e. The number of thioether (sulfide) groups is 1. The molecule has 26 heavy (non-hydrogen) atoms. The van der Waals surface area contributed by atoms with E-state index in [1.807, 2.05) is 0 Å². The van der Waals surface area contributed by atoms with Crippen molar-refractivity contribution >= 4 is 51.7 Å². The minimum Gasteiger partial charge on any atom is -0.480 e. The third-order valence-corrected chi connectivity index (χ3v) is 6.26. The SMILES string of the molecule is C=CC1CSC2C(NC(=O)/C(=N\O)c3csc(N)n3)C(=O)N2C1C(=O)O. The van der Waals surface area contributed by atoms with Crippen molar-refractivity contribution in [2.24, 2.45) is 11.1 Å². The lowest BCUT2D eigenvalue weighted by atomic mass is 9.93. The fourth-order valence-corrected chi connectivity index (χ4v) is 4.97. The summed E-state index contributed by atoms with van der Waals surface area (Å²) in [6.45, 7) is 3.62. The van der Waals surface area contributed by atoms with Gasteiger partial charge in [-0.05, 0) is 0 Å². The smallest absolute Gasteiger partial charge is 0.327 e. The van der Waals surface area contributed by atoms with E-state index in [1.165, 1.54) is 28.1 Å². The zero-order chi connectivity index (χ0) is 19.0. The van der Waals surface area contributed by atoms with Gasteiger partial charge in [-0.1, -0.05) is 11.2 Å². The second kappa shape index (κ2) is 6.96. The summed E-state index contributed by atoms with van der Waals surface area (Å²) in [6.07, 6.45) is 1.52. The van der Waals surface area contributed by atoms with Crippen LogP contribution in [0.1, 0.15) is 5.69 Å². The number of nitrogens with zero attached hydrogens (tertiary/aromatic N) is 3. The van der Waals surface area contributed by atoms with Gasteiger partial charge in [0.25, 0.3) is 5.91 Å². The maximum Gasteiger partial charge on any atom is 0.327 e. The summed E-state index contributed by atoms with van der Waals surface area (Å²) in [5.74, 6) is -2.33. The van der Waals surface area contributed by atoms with Crippen LogP contribution in [-0.4, -0.2) is 66.9 Å². The molecule has 0 aromatic carbocycles.